The van der Waals surface area contributed by atoms with Crippen LogP contribution in [0.25, 0.3) is 0 Å². The smallest absolute Gasteiger partial charge is 0.323 e. The number of likely N-dealkylation sites (tertiary alicyclic amines) is 1. The second-order valence-corrected chi connectivity index (χ2v) is 8.10. The first-order valence-electron chi connectivity index (χ1n) is 8.77. The number of carbonyl (C=O) groups excluding carboxylic acids is 1. The molecule has 1 saturated carbocycles. The molecule has 1 aromatic rings. The number of hydrogen-bond donors (Lipinski definition) is 1. The van der Waals surface area contributed by atoms with Crippen LogP contribution in [-0.2, 0) is 0 Å². The van der Waals surface area contributed by atoms with Crippen LogP contribution in [0.1, 0.15) is 36.6 Å². The van der Waals surface area contributed by atoms with Crippen LogP contribution in [0.2, 0.25) is 0 Å². The summed E-state index contributed by atoms with van der Waals surface area (Å²) in [6.07, 6.45) is 4.81. The third-order valence-corrected chi connectivity index (χ3v) is 6.03. The van der Waals surface area contributed by atoms with Crippen LogP contribution in [0.15, 0.2) is 0 Å². The zero-order valence-corrected chi connectivity index (χ0v) is 15.7. The molecule has 1 N–H and O–H groups in total. The van der Waals surface area contributed by atoms with Gasteiger partial charge in [-0.1, -0.05) is 11.3 Å². The number of nitrogens with one attached hydrogen (secondary N) is 1. The Balaban J connectivity index is 1.40. The summed E-state index contributed by atoms with van der Waals surface area (Å²) in [5.74, 6) is 0.578. The third kappa shape index (κ3) is 4.64. The van der Waals surface area contributed by atoms with Gasteiger partial charge in [-0.15, -0.1) is 10.2 Å². The molecule has 1 aliphatic carbocycles. The van der Waals surface area contributed by atoms with E-state index in [2.05, 4.69) is 39.4 Å². The number of anilines is 1. The van der Waals surface area contributed by atoms with E-state index >= 15 is 0 Å². The van der Waals surface area contributed by atoms with Crippen molar-refractivity contribution in [1.82, 2.24) is 24.9 Å². The number of carbonyl (C=O) groups is 1. The molecule has 0 aromatic carbocycles. The molecule has 1 aromatic heterocycles. The topological polar surface area (TPSA) is 64.6 Å². The van der Waals surface area contributed by atoms with E-state index in [1.54, 1.807) is 4.90 Å². The van der Waals surface area contributed by atoms with Crippen LogP contribution < -0.4 is 5.32 Å². The quantitative estimate of drug-likeness (QED) is 0.847. The number of likely N-dealkylation sites (N-methyl/N-ethyl adjacent to an activating group) is 2. The first-order valence-corrected chi connectivity index (χ1v) is 9.59. The van der Waals surface area contributed by atoms with Crippen LogP contribution in [0.3, 0.4) is 0 Å². The molecule has 0 unspecified atom stereocenters. The number of aromatic nitrogens is 2. The summed E-state index contributed by atoms with van der Waals surface area (Å²) >= 11 is 1.50. The molecule has 24 heavy (non-hydrogen) atoms. The maximum atomic E-state index is 12.3. The Kier molecular flexibility index (Phi) is 5.68. The van der Waals surface area contributed by atoms with Gasteiger partial charge in [0.15, 0.2) is 0 Å². The van der Waals surface area contributed by atoms with Crippen molar-refractivity contribution in [2.24, 2.45) is 0 Å². The molecule has 8 heteroatoms. The van der Waals surface area contributed by atoms with Gasteiger partial charge in [0.05, 0.1) is 0 Å². The lowest BCUT2D eigenvalue weighted by Gasteiger charge is -2.35. The van der Waals surface area contributed by atoms with Gasteiger partial charge in [-0.3, -0.25) is 5.32 Å². The Morgan fingerprint density at radius 1 is 1.21 bits per heavy atom. The Morgan fingerprint density at radius 3 is 2.58 bits per heavy atom. The minimum atomic E-state index is -0.106. The van der Waals surface area contributed by atoms with E-state index in [0.717, 1.165) is 24.6 Å². The summed E-state index contributed by atoms with van der Waals surface area (Å²) in [5, 5.41) is 12.7. The van der Waals surface area contributed by atoms with E-state index in [9.17, 15) is 4.79 Å². The fourth-order valence-corrected chi connectivity index (χ4v) is 3.90. The van der Waals surface area contributed by atoms with Gasteiger partial charge in [-0.05, 0) is 52.9 Å². The van der Waals surface area contributed by atoms with Gasteiger partial charge in [0.25, 0.3) is 0 Å². The lowest BCUT2D eigenvalue weighted by atomic mass is 10.0. The second-order valence-electron chi connectivity index (χ2n) is 7.09. The molecule has 7 nitrogen and oxygen atoms in total. The van der Waals surface area contributed by atoms with Gasteiger partial charge in [-0.2, -0.15) is 0 Å². The fourth-order valence-electron chi connectivity index (χ4n) is 2.99. The number of urea groups is 1. The maximum Gasteiger partial charge on any atom is 0.323 e. The number of rotatable bonds is 6. The third-order valence-electron chi connectivity index (χ3n) is 5.03. The summed E-state index contributed by atoms with van der Waals surface area (Å²) in [6.45, 7) is 3.92. The summed E-state index contributed by atoms with van der Waals surface area (Å²) in [6, 6.07) is 0.521. The summed E-state index contributed by atoms with van der Waals surface area (Å²) in [4.78, 5) is 18.8. The average Bonchev–Trinajstić information content (AvgIpc) is 3.33. The van der Waals surface area contributed by atoms with Gasteiger partial charge in [0, 0.05) is 32.1 Å². The lowest BCUT2D eigenvalue weighted by Crippen LogP contribution is -2.45. The van der Waals surface area contributed by atoms with Crippen molar-refractivity contribution >= 4 is 22.5 Å². The average molecular weight is 353 g/mol. The van der Waals surface area contributed by atoms with Crippen LogP contribution >= 0.6 is 11.3 Å². The molecule has 2 amide bonds. The molecule has 2 heterocycles. The summed E-state index contributed by atoms with van der Waals surface area (Å²) < 4.78 is 0. The Hall–Kier alpha value is -1.25. The van der Waals surface area contributed by atoms with E-state index in [0.29, 0.717) is 23.6 Å². The molecule has 2 aliphatic rings. The van der Waals surface area contributed by atoms with E-state index in [1.807, 2.05) is 7.05 Å². The molecule has 0 radical (unpaired) electrons. The van der Waals surface area contributed by atoms with Crippen LogP contribution in [0.4, 0.5) is 9.93 Å². The van der Waals surface area contributed by atoms with Gasteiger partial charge >= 0.3 is 6.03 Å². The molecular formula is C16H28N6OS. The van der Waals surface area contributed by atoms with E-state index < -0.39 is 0 Å². The highest BCUT2D eigenvalue weighted by molar-refractivity contribution is 7.15. The SMILES string of the molecule is CN1CCC(N(C)CCN(C)C(=O)Nc2nnc(C3CC3)s2)CC1. The predicted octanol–water partition coefficient (Wildman–Crippen LogP) is 1.91. The molecule has 1 aliphatic heterocycles. The van der Waals surface area contributed by atoms with Crippen molar-refractivity contribution in [3.8, 4) is 0 Å². The summed E-state index contributed by atoms with van der Waals surface area (Å²) in [5.41, 5.74) is 0. The standard InChI is InChI=1S/C16H28N6OS/c1-20-8-6-13(7-9-20)21(2)10-11-22(3)16(23)17-15-19-18-14(24-15)12-4-5-12/h12-13H,4-11H2,1-3H3,(H,17,19,23). The Labute approximate surface area is 148 Å². The highest BCUT2D eigenvalue weighted by Gasteiger charge is 2.28. The number of hydrogen-bond acceptors (Lipinski definition) is 6. The molecular weight excluding hydrogens is 324 g/mol. The monoisotopic (exact) mass is 352 g/mol. The van der Waals surface area contributed by atoms with Gasteiger partial charge in [0.2, 0.25) is 5.13 Å². The molecule has 0 atom stereocenters. The lowest BCUT2D eigenvalue weighted by molar-refractivity contribution is 0.136. The van der Waals surface area contributed by atoms with Crippen molar-refractivity contribution in [1.29, 1.82) is 0 Å². The van der Waals surface area contributed by atoms with Crippen LogP contribution in [0.5, 0.6) is 0 Å². The minimum absolute atomic E-state index is 0.106. The van der Waals surface area contributed by atoms with Crippen molar-refractivity contribution in [3.63, 3.8) is 0 Å². The number of nitrogens with zero attached hydrogens (tertiary/aromatic N) is 5. The van der Waals surface area contributed by atoms with Crippen LogP contribution in [-0.4, -0.2) is 84.3 Å². The molecule has 134 valence electrons. The second kappa shape index (κ2) is 7.76. The zero-order chi connectivity index (χ0) is 17.1. The predicted molar refractivity (Wildman–Crippen MR) is 96.7 cm³/mol. The van der Waals surface area contributed by atoms with Gasteiger partial charge in [0.1, 0.15) is 5.01 Å². The van der Waals surface area contributed by atoms with E-state index in [1.165, 1.54) is 37.0 Å². The largest absolute Gasteiger partial charge is 0.326 e. The Morgan fingerprint density at radius 2 is 1.92 bits per heavy atom. The maximum absolute atomic E-state index is 12.3. The van der Waals surface area contributed by atoms with Crippen molar-refractivity contribution in [2.75, 3.05) is 52.6 Å². The van der Waals surface area contributed by atoms with Crippen molar-refractivity contribution < 1.29 is 4.79 Å². The molecule has 1 saturated heterocycles. The molecule has 2 fully saturated rings. The van der Waals surface area contributed by atoms with Gasteiger partial charge < -0.3 is 14.7 Å². The van der Waals surface area contributed by atoms with Gasteiger partial charge in [-0.25, -0.2) is 4.79 Å². The van der Waals surface area contributed by atoms with E-state index in [4.69, 9.17) is 0 Å². The van der Waals surface area contributed by atoms with Crippen LogP contribution in [0, 0.1) is 0 Å². The van der Waals surface area contributed by atoms with E-state index in [-0.39, 0.29) is 6.03 Å². The highest BCUT2D eigenvalue weighted by atomic mass is 32.1. The number of amides is 2. The molecule has 0 spiro atoms. The van der Waals surface area contributed by atoms with Crippen molar-refractivity contribution in [3.05, 3.63) is 5.01 Å². The zero-order valence-electron chi connectivity index (χ0n) is 14.9. The molecule has 3 rings (SSSR count). The summed E-state index contributed by atoms with van der Waals surface area (Å²) in [7, 11) is 6.17. The first-order chi connectivity index (χ1) is 11.5. The Bertz CT molecular complexity index is 553. The fraction of sp³-hybridized carbons (Fsp3) is 0.812. The highest BCUT2D eigenvalue weighted by Crippen LogP contribution is 2.42. The first kappa shape index (κ1) is 17.6. The minimum Gasteiger partial charge on any atom is -0.326 e. The molecule has 0 bridgehead atoms. The van der Waals surface area contributed by atoms with Crippen molar-refractivity contribution in [2.45, 2.75) is 37.6 Å². The normalized spacial score (nSPS) is 19.7. The number of piperidine rings is 1.